The fourth-order valence-electron chi connectivity index (χ4n) is 5.33. The Bertz CT molecular complexity index is 1410. The zero-order chi connectivity index (χ0) is 29.4. The van der Waals surface area contributed by atoms with E-state index in [2.05, 4.69) is 53.8 Å². The van der Waals surface area contributed by atoms with Gasteiger partial charge in [-0.05, 0) is 58.6 Å². The molecule has 2 amide bonds. The van der Waals surface area contributed by atoms with Crippen LogP contribution in [0.1, 0.15) is 34.1 Å². The molecule has 2 aliphatic rings. The third-order valence-electron chi connectivity index (χ3n) is 7.06. The van der Waals surface area contributed by atoms with Crippen LogP contribution in [-0.2, 0) is 9.47 Å². The first-order chi connectivity index (χ1) is 19.9. The SMILES string of the molecule is CN(C)C(=O)OCC1c2ccccc2-c2ccccc21.CNC.NC(=O)OCC1c2ccccc2-c2ccccc21. The van der Waals surface area contributed by atoms with Crippen LogP contribution < -0.4 is 11.1 Å². The molecule has 7 heteroatoms. The van der Waals surface area contributed by atoms with E-state index in [1.807, 2.05) is 62.6 Å². The molecule has 0 heterocycles. The number of benzene rings is 4. The largest absolute Gasteiger partial charge is 0.449 e. The van der Waals surface area contributed by atoms with Crippen LogP contribution >= 0.6 is 0 Å². The van der Waals surface area contributed by atoms with Gasteiger partial charge in [-0.1, -0.05) is 97.1 Å². The van der Waals surface area contributed by atoms with E-state index in [1.54, 1.807) is 14.1 Å². The molecule has 7 nitrogen and oxygen atoms in total. The number of hydrogen-bond donors (Lipinski definition) is 2. The highest BCUT2D eigenvalue weighted by Crippen LogP contribution is 2.45. The number of primary amides is 1. The quantitative estimate of drug-likeness (QED) is 0.314. The molecule has 0 fully saturated rings. The number of amides is 2. The Morgan fingerprint density at radius 3 is 1.22 bits per heavy atom. The molecule has 212 valence electrons. The zero-order valence-corrected chi connectivity index (χ0v) is 24.0. The van der Waals surface area contributed by atoms with E-state index in [0.717, 1.165) is 0 Å². The number of nitrogens with one attached hydrogen (secondary N) is 1. The van der Waals surface area contributed by atoms with Crippen LogP contribution in [0.15, 0.2) is 97.1 Å². The summed E-state index contributed by atoms with van der Waals surface area (Å²) in [6.45, 7) is 0.675. The Morgan fingerprint density at radius 1 is 0.634 bits per heavy atom. The van der Waals surface area contributed by atoms with Crippen LogP contribution in [0.5, 0.6) is 0 Å². The zero-order valence-electron chi connectivity index (χ0n) is 24.0. The van der Waals surface area contributed by atoms with Crippen molar-refractivity contribution in [2.24, 2.45) is 5.73 Å². The number of rotatable bonds is 4. The molecule has 41 heavy (non-hydrogen) atoms. The van der Waals surface area contributed by atoms with Crippen molar-refractivity contribution in [2.75, 3.05) is 41.4 Å². The van der Waals surface area contributed by atoms with Crippen LogP contribution in [0, 0.1) is 0 Å². The van der Waals surface area contributed by atoms with Crippen molar-refractivity contribution in [3.63, 3.8) is 0 Å². The van der Waals surface area contributed by atoms with E-state index in [9.17, 15) is 9.59 Å². The Kier molecular flexibility index (Phi) is 9.77. The van der Waals surface area contributed by atoms with E-state index in [1.165, 1.54) is 49.4 Å². The summed E-state index contributed by atoms with van der Waals surface area (Å²) < 4.78 is 10.4. The highest BCUT2D eigenvalue weighted by atomic mass is 16.6. The molecule has 0 unspecified atom stereocenters. The maximum Gasteiger partial charge on any atom is 0.409 e. The van der Waals surface area contributed by atoms with Crippen LogP contribution in [-0.4, -0.2) is 58.5 Å². The van der Waals surface area contributed by atoms with Crippen molar-refractivity contribution in [1.29, 1.82) is 0 Å². The van der Waals surface area contributed by atoms with Crippen LogP contribution in [0.2, 0.25) is 0 Å². The van der Waals surface area contributed by atoms with E-state index < -0.39 is 6.09 Å². The molecule has 0 aromatic heterocycles. The lowest BCUT2D eigenvalue weighted by Crippen LogP contribution is -2.24. The van der Waals surface area contributed by atoms with Crippen molar-refractivity contribution in [3.05, 3.63) is 119 Å². The number of carbonyl (C=O) groups is 2. The van der Waals surface area contributed by atoms with Gasteiger partial charge in [-0.15, -0.1) is 0 Å². The molecule has 0 saturated carbocycles. The molecule has 0 spiro atoms. The van der Waals surface area contributed by atoms with E-state index >= 15 is 0 Å². The van der Waals surface area contributed by atoms with Gasteiger partial charge in [0.05, 0.1) is 0 Å². The summed E-state index contributed by atoms with van der Waals surface area (Å²) in [4.78, 5) is 23.9. The number of nitrogens with two attached hydrogens (primary N) is 1. The predicted octanol–water partition coefficient (Wildman–Crippen LogP) is 6.23. The van der Waals surface area contributed by atoms with Gasteiger partial charge in [0, 0.05) is 25.9 Å². The number of carbonyl (C=O) groups excluding carboxylic acids is 2. The molecule has 4 aromatic carbocycles. The van der Waals surface area contributed by atoms with Gasteiger partial charge in [0.25, 0.3) is 0 Å². The molecule has 2 aliphatic carbocycles. The van der Waals surface area contributed by atoms with Crippen LogP contribution in [0.25, 0.3) is 22.3 Å². The normalized spacial score (nSPS) is 12.3. The summed E-state index contributed by atoms with van der Waals surface area (Å²) in [5.74, 6) is 0.219. The number of ether oxygens (including phenoxy) is 2. The lowest BCUT2D eigenvalue weighted by Gasteiger charge is -2.16. The maximum atomic E-state index is 11.6. The Labute approximate surface area is 241 Å². The second-order valence-electron chi connectivity index (χ2n) is 10.1. The molecule has 0 bridgehead atoms. The first-order valence-corrected chi connectivity index (χ1v) is 13.6. The van der Waals surface area contributed by atoms with Crippen molar-refractivity contribution in [1.82, 2.24) is 10.2 Å². The average Bonchev–Trinajstić information content (AvgIpc) is 3.48. The minimum absolute atomic E-state index is 0.0879. The molecular formula is C34H37N3O4. The van der Waals surface area contributed by atoms with Crippen molar-refractivity contribution in [3.8, 4) is 22.3 Å². The Hall–Kier alpha value is -4.62. The van der Waals surface area contributed by atoms with Gasteiger partial charge in [-0.3, -0.25) is 0 Å². The summed E-state index contributed by atoms with van der Waals surface area (Å²) in [5, 5.41) is 2.75. The van der Waals surface area contributed by atoms with E-state index in [4.69, 9.17) is 15.2 Å². The number of hydrogen-bond acceptors (Lipinski definition) is 5. The second-order valence-corrected chi connectivity index (χ2v) is 10.1. The monoisotopic (exact) mass is 551 g/mol. The first kappa shape index (κ1) is 29.4. The Balaban J connectivity index is 0.000000173. The van der Waals surface area contributed by atoms with Gasteiger partial charge in [-0.25, -0.2) is 9.59 Å². The van der Waals surface area contributed by atoms with Gasteiger partial charge >= 0.3 is 12.2 Å². The molecule has 0 atom stereocenters. The molecule has 6 rings (SSSR count). The highest BCUT2D eigenvalue weighted by molar-refractivity contribution is 5.80. The Morgan fingerprint density at radius 2 is 0.927 bits per heavy atom. The van der Waals surface area contributed by atoms with Gasteiger partial charge < -0.3 is 25.4 Å². The van der Waals surface area contributed by atoms with Crippen LogP contribution in [0.4, 0.5) is 9.59 Å². The average molecular weight is 552 g/mol. The number of nitrogens with zero attached hydrogens (tertiary/aromatic N) is 1. The molecule has 0 aliphatic heterocycles. The summed E-state index contributed by atoms with van der Waals surface area (Å²) in [5.41, 5.74) is 14.8. The number of fused-ring (bicyclic) bond motifs is 6. The standard InChI is InChI=1S/C17H17NO2.C15H13NO2.C2H7N/c1-18(2)17(19)20-11-16-14-9-5-3-7-12(14)13-8-4-6-10-15(13)16;16-15(17)18-9-14-12-7-3-1-5-10(12)11-6-2-4-8-13(11)14;1-3-2/h3-10,16H,11H2,1-2H3;1-8,14H,9H2,(H2,16,17);3H,1-2H3. The predicted molar refractivity (Wildman–Crippen MR) is 163 cm³/mol. The van der Waals surface area contributed by atoms with Gasteiger partial charge in [0.1, 0.15) is 13.2 Å². The molecule has 0 saturated heterocycles. The first-order valence-electron chi connectivity index (χ1n) is 13.6. The van der Waals surface area contributed by atoms with Gasteiger partial charge in [0.15, 0.2) is 0 Å². The molecule has 0 radical (unpaired) electrons. The minimum atomic E-state index is -0.725. The van der Waals surface area contributed by atoms with E-state index in [0.29, 0.717) is 13.2 Å². The highest BCUT2D eigenvalue weighted by Gasteiger charge is 2.30. The lowest BCUT2D eigenvalue weighted by molar-refractivity contribution is 0.115. The summed E-state index contributed by atoms with van der Waals surface area (Å²) in [7, 11) is 7.14. The summed E-state index contributed by atoms with van der Waals surface area (Å²) in [6, 6.07) is 33.0. The topological polar surface area (TPSA) is 93.9 Å². The fraction of sp³-hybridized carbons (Fsp3) is 0.235. The lowest BCUT2D eigenvalue weighted by atomic mass is 9.98. The van der Waals surface area contributed by atoms with Gasteiger partial charge in [-0.2, -0.15) is 0 Å². The second kappa shape index (κ2) is 13.6. The third kappa shape index (κ3) is 6.58. The maximum absolute atomic E-state index is 11.6. The molecule has 3 N–H and O–H groups in total. The van der Waals surface area contributed by atoms with Crippen molar-refractivity contribution < 1.29 is 19.1 Å². The molecular weight excluding hydrogens is 514 g/mol. The third-order valence-corrected chi connectivity index (χ3v) is 7.06. The van der Waals surface area contributed by atoms with Crippen molar-refractivity contribution >= 4 is 12.2 Å². The minimum Gasteiger partial charge on any atom is -0.449 e. The smallest absolute Gasteiger partial charge is 0.409 e. The van der Waals surface area contributed by atoms with Crippen molar-refractivity contribution in [2.45, 2.75) is 11.8 Å². The van der Waals surface area contributed by atoms with E-state index in [-0.39, 0.29) is 17.9 Å². The summed E-state index contributed by atoms with van der Waals surface area (Å²) >= 11 is 0. The van der Waals surface area contributed by atoms with Gasteiger partial charge in [0.2, 0.25) is 0 Å². The summed E-state index contributed by atoms with van der Waals surface area (Å²) in [6.07, 6.45) is -1.02. The molecule has 4 aromatic rings. The van der Waals surface area contributed by atoms with Crippen LogP contribution in [0.3, 0.4) is 0 Å². The fourth-order valence-corrected chi connectivity index (χ4v) is 5.33.